The first-order valence-corrected chi connectivity index (χ1v) is 11.7. The van der Waals surface area contributed by atoms with Crippen LogP contribution in [0.3, 0.4) is 0 Å². The van der Waals surface area contributed by atoms with E-state index in [-0.39, 0.29) is 5.91 Å². The first kappa shape index (κ1) is 19.9. The molecule has 158 valence electrons. The summed E-state index contributed by atoms with van der Waals surface area (Å²) in [5, 5.41) is 2.10. The molecule has 0 unspecified atom stereocenters. The number of carbonyl (C=O) groups is 1. The minimum absolute atomic E-state index is 0.139. The van der Waals surface area contributed by atoms with Gasteiger partial charge in [-0.3, -0.25) is 4.79 Å². The largest absolute Gasteiger partial charge is 0.368 e. The molecule has 0 saturated carbocycles. The quantitative estimate of drug-likeness (QED) is 0.439. The maximum atomic E-state index is 13.5. The Morgan fingerprint density at radius 3 is 2.48 bits per heavy atom. The van der Waals surface area contributed by atoms with E-state index in [2.05, 4.69) is 83.3 Å². The Bertz CT molecular complexity index is 1220. The molecule has 0 radical (unpaired) electrons. The fraction of sp³-hybridized carbons (Fsp3) is 0.269. The second-order valence-electron chi connectivity index (χ2n) is 8.34. The summed E-state index contributed by atoms with van der Waals surface area (Å²) in [5.41, 5.74) is 7.01. The molecule has 1 fully saturated rings. The Hall–Kier alpha value is -3.05. The summed E-state index contributed by atoms with van der Waals surface area (Å²) in [6.07, 6.45) is 0. The zero-order valence-corrected chi connectivity index (χ0v) is 18.9. The second kappa shape index (κ2) is 8.23. The lowest BCUT2D eigenvalue weighted by molar-refractivity contribution is 0.0737. The average Bonchev–Trinajstić information content (AvgIpc) is 3.38. The number of piperazine rings is 1. The van der Waals surface area contributed by atoms with Crippen LogP contribution >= 0.6 is 11.3 Å². The summed E-state index contributed by atoms with van der Waals surface area (Å²) in [7, 11) is 0. The lowest BCUT2D eigenvalue weighted by atomic mass is 10.1. The highest BCUT2D eigenvalue weighted by Crippen LogP contribution is 2.28. The van der Waals surface area contributed by atoms with Gasteiger partial charge >= 0.3 is 0 Å². The number of thiophene rings is 1. The van der Waals surface area contributed by atoms with Gasteiger partial charge in [0.15, 0.2) is 0 Å². The van der Waals surface area contributed by atoms with Gasteiger partial charge in [0.25, 0.3) is 5.91 Å². The van der Waals surface area contributed by atoms with Crippen molar-refractivity contribution >= 4 is 33.1 Å². The molecule has 0 atom stereocenters. The third-order valence-electron chi connectivity index (χ3n) is 6.20. The summed E-state index contributed by atoms with van der Waals surface area (Å²) in [6, 6.07) is 21.2. The van der Waals surface area contributed by atoms with Crippen molar-refractivity contribution in [1.82, 2.24) is 9.47 Å². The first-order chi connectivity index (χ1) is 15.1. The summed E-state index contributed by atoms with van der Waals surface area (Å²) >= 11 is 1.70. The molecule has 4 aromatic rings. The minimum atomic E-state index is 0.139. The van der Waals surface area contributed by atoms with Gasteiger partial charge in [-0.1, -0.05) is 42.5 Å². The number of amides is 1. The molecule has 3 heterocycles. The number of nitrogens with zero attached hydrogens (tertiary/aromatic N) is 3. The monoisotopic (exact) mass is 429 g/mol. The van der Waals surface area contributed by atoms with Crippen molar-refractivity contribution in [2.45, 2.75) is 20.4 Å². The highest BCUT2D eigenvalue weighted by atomic mass is 32.1. The number of fused-ring (bicyclic) bond motifs is 1. The number of hydrogen-bond donors (Lipinski definition) is 0. The van der Waals surface area contributed by atoms with Crippen molar-refractivity contribution < 1.29 is 4.79 Å². The Balaban J connectivity index is 1.37. The maximum absolute atomic E-state index is 13.5. The normalized spacial score (nSPS) is 14.4. The number of anilines is 1. The molecule has 4 nitrogen and oxygen atoms in total. The van der Waals surface area contributed by atoms with Gasteiger partial charge in [-0.2, -0.15) is 0 Å². The Kier molecular flexibility index (Phi) is 5.28. The van der Waals surface area contributed by atoms with Crippen LogP contribution in [0.15, 0.2) is 66.0 Å². The number of aryl methyl sites for hydroxylation is 2. The predicted octanol–water partition coefficient (Wildman–Crippen LogP) is 5.33. The molecule has 1 saturated heterocycles. The zero-order valence-electron chi connectivity index (χ0n) is 18.0. The molecule has 0 aliphatic carbocycles. The topological polar surface area (TPSA) is 28.5 Å². The van der Waals surface area contributed by atoms with E-state index in [0.717, 1.165) is 37.4 Å². The molecule has 1 amide bonds. The highest BCUT2D eigenvalue weighted by molar-refractivity contribution is 7.17. The van der Waals surface area contributed by atoms with E-state index in [1.807, 2.05) is 11.0 Å². The Morgan fingerprint density at radius 2 is 1.71 bits per heavy atom. The lowest BCUT2D eigenvalue weighted by Gasteiger charge is -2.37. The van der Waals surface area contributed by atoms with E-state index in [4.69, 9.17) is 0 Å². The lowest BCUT2D eigenvalue weighted by Crippen LogP contribution is -2.49. The standard InChI is InChI=1S/C26H27N3OS/c1-19-8-9-20(2)23(16-19)27-11-13-28(14-12-27)26(30)24-17-25-22(10-15-31-25)29(24)18-21-6-4-3-5-7-21/h3-10,15-17H,11-14,18H2,1-2H3. The predicted molar refractivity (Wildman–Crippen MR) is 129 cm³/mol. The number of aromatic nitrogens is 1. The molecule has 0 bridgehead atoms. The van der Waals surface area contributed by atoms with E-state index in [1.54, 1.807) is 11.3 Å². The summed E-state index contributed by atoms with van der Waals surface area (Å²) in [6.45, 7) is 8.23. The molecular formula is C26H27N3OS. The maximum Gasteiger partial charge on any atom is 0.270 e. The fourth-order valence-corrected chi connectivity index (χ4v) is 5.29. The molecular weight excluding hydrogens is 402 g/mol. The Morgan fingerprint density at radius 1 is 0.935 bits per heavy atom. The van der Waals surface area contributed by atoms with E-state index >= 15 is 0 Å². The molecule has 0 N–H and O–H groups in total. The van der Waals surface area contributed by atoms with Crippen molar-refractivity contribution in [3.05, 3.63) is 88.4 Å². The molecule has 31 heavy (non-hydrogen) atoms. The van der Waals surface area contributed by atoms with Crippen molar-refractivity contribution in [1.29, 1.82) is 0 Å². The molecule has 2 aromatic heterocycles. The van der Waals surface area contributed by atoms with E-state index < -0.39 is 0 Å². The summed E-state index contributed by atoms with van der Waals surface area (Å²) in [4.78, 5) is 18.0. The van der Waals surface area contributed by atoms with Crippen LogP contribution in [0.25, 0.3) is 10.2 Å². The highest BCUT2D eigenvalue weighted by Gasteiger charge is 2.26. The molecule has 1 aliphatic rings. The minimum Gasteiger partial charge on any atom is -0.368 e. The van der Waals surface area contributed by atoms with E-state index in [0.29, 0.717) is 6.54 Å². The number of benzene rings is 2. The molecule has 1 aliphatic heterocycles. The smallest absolute Gasteiger partial charge is 0.270 e. The summed E-state index contributed by atoms with van der Waals surface area (Å²) in [5.74, 6) is 0.139. The second-order valence-corrected chi connectivity index (χ2v) is 9.29. The van der Waals surface area contributed by atoms with Gasteiger partial charge in [-0.15, -0.1) is 11.3 Å². The van der Waals surface area contributed by atoms with Gasteiger partial charge in [0.2, 0.25) is 0 Å². The summed E-state index contributed by atoms with van der Waals surface area (Å²) < 4.78 is 3.36. The van der Waals surface area contributed by atoms with Gasteiger partial charge in [0.05, 0.1) is 10.2 Å². The van der Waals surface area contributed by atoms with Crippen LogP contribution in [0, 0.1) is 13.8 Å². The van der Waals surface area contributed by atoms with Gasteiger partial charge < -0.3 is 14.4 Å². The number of hydrogen-bond acceptors (Lipinski definition) is 3. The van der Waals surface area contributed by atoms with Crippen LogP contribution in [0.2, 0.25) is 0 Å². The van der Waals surface area contributed by atoms with Crippen molar-refractivity contribution in [2.24, 2.45) is 0 Å². The van der Waals surface area contributed by atoms with Crippen LogP contribution < -0.4 is 4.90 Å². The van der Waals surface area contributed by atoms with Crippen LogP contribution in [-0.4, -0.2) is 41.6 Å². The number of rotatable bonds is 4. The van der Waals surface area contributed by atoms with Crippen LogP contribution in [0.4, 0.5) is 5.69 Å². The number of carbonyl (C=O) groups excluding carboxylic acids is 1. The first-order valence-electron chi connectivity index (χ1n) is 10.8. The van der Waals surface area contributed by atoms with E-state index in [9.17, 15) is 4.79 Å². The third kappa shape index (κ3) is 3.86. The van der Waals surface area contributed by atoms with Crippen molar-refractivity contribution in [3.63, 3.8) is 0 Å². The van der Waals surface area contributed by atoms with Crippen LogP contribution in [0.5, 0.6) is 0 Å². The molecule has 5 heteroatoms. The molecule has 2 aromatic carbocycles. The van der Waals surface area contributed by atoms with E-state index in [1.165, 1.54) is 27.1 Å². The average molecular weight is 430 g/mol. The SMILES string of the molecule is Cc1ccc(C)c(N2CCN(C(=O)c3cc4sccc4n3Cc3ccccc3)CC2)c1. The molecule has 5 rings (SSSR count). The Labute approximate surface area is 187 Å². The van der Waals surface area contributed by atoms with Gasteiger partial charge in [0.1, 0.15) is 5.69 Å². The van der Waals surface area contributed by atoms with Crippen molar-refractivity contribution in [3.8, 4) is 0 Å². The van der Waals surface area contributed by atoms with Crippen LogP contribution in [-0.2, 0) is 6.54 Å². The van der Waals surface area contributed by atoms with Gasteiger partial charge in [0, 0.05) is 38.4 Å². The third-order valence-corrected chi connectivity index (χ3v) is 7.05. The zero-order chi connectivity index (χ0) is 21.4. The molecule has 0 spiro atoms. The van der Waals surface area contributed by atoms with Gasteiger partial charge in [-0.25, -0.2) is 0 Å². The van der Waals surface area contributed by atoms with Gasteiger partial charge in [-0.05, 0) is 54.1 Å². The van der Waals surface area contributed by atoms with Crippen molar-refractivity contribution in [2.75, 3.05) is 31.1 Å². The fourth-order valence-electron chi connectivity index (χ4n) is 4.46. The van der Waals surface area contributed by atoms with Crippen LogP contribution in [0.1, 0.15) is 27.2 Å².